The highest BCUT2D eigenvalue weighted by molar-refractivity contribution is 5.76. The lowest BCUT2D eigenvalue weighted by atomic mass is 10.1. The van der Waals surface area contributed by atoms with Crippen LogP contribution in [0.25, 0.3) is 0 Å². The van der Waals surface area contributed by atoms with Gasteiger partial charge in [0.25, 0.3) is 0 Å². The summed E-state index contributed by atoms with van der Waals surface area (Å²) in [7, 11) is 1.47. The zero-order chi connectivity index (χ0) is 13.2. The van der Waals surface area contributed by atoms with Crippen LogP contribution in [0, 0.1) is 11.6 Å². The first-order valence-electron chi connectivity index (χ1n) is 5.12. The molecule has 0 radical (unpaired) electrons. The van der Waals surface area contributed by atoms with Crippen molar-refractivity contribution < 1.29 is 18.7 Å². The molecule has 1 aromatic carbocycles. The van der Waals surface area contributed by atoms with E-state index in [1.807, 2.05) is 0 Å². The fourth-order valence-electron chi connectivity index (χ4n) is 1.68. The maximum Gasteiger partial charge on any atom is 0.150 e. The molecule has 0 bridgehead atoms. The van der Waals surface area contributed by atoms with Gasteiger partial charge in [0.1, 0.15) is 23.6 Å². The van der Waals surface area contributed by atoms with E-state index in [1.165, 1.54) is 11.9 Å². The average molecular weight is 243 g/mol. The van der Waals surface area contributed by atoms with Crippen molar-refractivity contribution in [1.82, 2.24) is 0 Å². The van der Waals surface area contributed by atoms with E-state index in [2.05, 4.69) is 0 Å². The van der Waals surface area contributed by atoms with Crippen molar-refractivity contribution in [1.29, 1.82) is 0 Å². The first kappa shape index (κ1) is 13.6. The van der Waals surface area contributed by atoms with E-state index in [1.54, 1.807) is 13.8 Å². The van der Waals surface area contributed by atoms with Crippen molar-refractivity contribution in [2.75, 3.05) is 18.5 Å². The van der Waals surface area contributed by atoms with Gasteiger partial charge >= 0.3 is 0 Å². The molecule has 0 saturated heterocycles. The number of nitrogens with zero attached hydrogens (tertiary/aromatic N) is 1. The molecule has 0 fully saturated rings. The Morgan fingerprint density at radius 1 is 1.35 bits per heavy atom. The topological polar surface area (TPSA) is 40.5 Å². The van der Waals surface area contributed by atoms with Crippen molar-refractivity contribution in [3.63, 3.8) is 0 Å². The molecule has 1 N–H and O–H groups in total. The smallest absolute Gasteiger partial charge is 0.150 e. The largest absolute Gasteiger partial charge is 0.389 e. The molecule has 0 heterocycles. The maximum atomic E-state index is 13.6. The highest BCUT2D eigenvalue weighted by Gasteiger charge is 2.21. The Bertz CT molecular complexity index is 404. The Balaban J connectivity index is 3.10. The molecule has 0 spiro atoms. The SMILES string of the molecule is CN(CC(C)(C)O)c1c(F)cc(C=O)cc1F. The Morgan fingerprint density at radius 3 is 2.18 bits per heavy atom. The quantitative estimate of drug-likeness (QED) is 0.822. The lowest BCUT2D eigenvalue weighted by molar-refractivity contribution is 0.0883. The van der Waals surface area contributed by atoms with Gasteiger partial charge in [-0.15, -0.1) is 0 Å². The third-order valence-corrected chi connectivity index (χ3v) is 2.18. The van der Waals surface area contributed by atoms with Crippen LogP contribution >= 0.6 is 0 Å². The predicted octanol–water partition coefficient (Wildman–Crippen LogP) is 1.98. The monoisotopic (exact) mass is 243 g/mol. The molecule has 0 unspecified atom stereocenters. The van der Waals surface area contributed by atoms with E-state index in [0.29, 0.717) is 6.29 Å². The summed E-state index contributed by atoms with van der Waals surface area (Å²) < 4.78 is 27.2. The number of halogens is 2. The molecule has 0 amide bonds. The number of anilines is 1. The van der Waals surface area contributed by atoms with E-state index >= 15 is 0 Å². The molecule has 17 heavy (non-hydrogen) atoms. The molecule has 0 aliphatic carbocycles. The fourth-order valence-corrected chi connectivity index (χ4v) is 1.68. The van der Waals surface area contributed by atoms with Gasteiger partial charge in [-0.2, -0.15) is 0 Å². The molecule has 3 nitrogen and oxygen atoms in total. The number of likely N-dealkylation sites (N-methyl/N-ethyl adjacent to an activating group) is 1. The van der Waals surface area contributed by atoms with Gasteiger partial charge in [-0.25, -0.2) is 8.78 Å². The van der Waals surface area contributed by atoms with Crippen LogP contribution in [0.15, 0.2) is 12.1 Å². The summed E-state index contributed by atoms with van der Waals surface area (Å²) in [5.74, 6) is -1.64. The molecule has 0 aliphatic rings. The minimum Gasteiger partial charge on any atom is -0.389 e. The van der Waals surface area contributed by atoms with E-state index < -0.39 is 17.2 Å². The Labute approximate surface area is 98.7 Å². The van der Waals surface area contributed by atoms with Gasteiger partial charge in [0.05, 0.1) is 5.60 Å². The number of hydrogen-bond donors (Lipinski definition) is 1. The zero-order valence-corrected chi connectivity index (χ0v) is 10.00. The molecule has 0 aliphatic heterocycles. The van der Waals surface area contributed by atoms with Crippen LogP contribution < -0.4 is 4.90 Å². The van der Waals surface area contributed by atoms with Crippen LogP contribution in [0.2, 0.25) is 0 Å². The first-order valence-corrected chi connectivity index (χ1v) is 5.12. The third kappa shape index (κ3) is 3.49. The standard InChI is InChI=1S/C12H15F2NO2/c1-12(2,17)7-15(3)11-9(13)4-8(6-16)5-10(11)14/h4-6,17H,7H2,1-3H3. The van der Waals surface area contributed by atoms with Crippen molar-refractivity contribution in [2.45, 2.75) is 19.4 Å². The van der Waals surface area contributed by atoms with Gasteiger partial charge in [-0.1, -0.05) is 0 Å². The van der Waals surface area contributed by atoms with Crippen molar-refractivity contribution in [3.05, 3.63) is 29.3 Å². The van der Waals surface area contributed by atoms with Crippen molar-refractivity contribution in [3.8, 4) is 0 Å². The Kier molecular flexibility index (Phi) is 3.83. The van der Waals surface area contributed by atoms with Gasteiger partial charge in [0, 0.05) is 19.2 Å². The summed E-state index contributed by atoms with van der Waals surface area (Å²) >= 11 is 0. The van der Waals surface area contributed by atoms with E-state index in [4.69, 9.17) is 0 Å². The van der Waals surface area contributed by atoms with Gasteiger partial charge in [0.2, 0.25) is 0 Å². The predicted molar refractivity (Wildman–Crippen MR) is 61.3 cm³/mol. The van der Waals surface area contributed by atoms with Gasteiger partial charge in [0.15, 0.2) is 0 Å². The molecular weight excluding hydrogens is 228 g/mol. The molecule has 0 saturated carbocycles. The lowest BCUT2D eigenvalue weighted by Crippen LogP contribution is -2.37. The summed E-state index contributed by atoms with van der Waals surface area (Å²) in [6.45, 7) is 3.15. The van der Waals surface area contributed by atoms with Crippen LogP contribution in [0.5, 0.6) is 0 Å². The van der Waals surface area contributed by atoms with Crippen LogP contribution in [-0.2, 0) is 0 Å². The highest BCUT2D eigenvalue weighted by Crippen LogP contribution is 2.24. The number of hydrogen-bond acceptors (Lipinski definition) is 3. The number of aldehydes is 1. The second kappa shape index (κ2) is 4.79. The summed E-state index contributed by atoms with van der Waals surface area (Å²) in [5, 5.41) is 9.59. The Morgan fingerprint density at radius 2 is 1.82 bits per heavy atom. The van der Waals surface area contributed by atoms with Gasteiger partial charge < -0.3 is 10.0 Å². The summed E-state index contributed by atoms with van der Waals surface area (Å²) in [4.78, 5) is 11.7. The van der Waals surface area contributed by atoms with Crippen LogP contribution in [-0.4, -0.2) is 30.6 Å². The normalized spacial score (nSPS) is 11.4. The van der Waals surface area contributed by atoms with Crippen molar-refractivity contribution in [2.24, 2.45) is 0 Å². The van der Waals surface area contributed by atoms with E-state index in [-0.39, 0.29) is 17.8 Å². The second-order valence-electron chi connectivity index (χ2n) is 4.62. The lowest BCUT2D eigenvalue weighted by Gasteiger charge is -2.27. The summed E-state index contributed by atoms with van der Waals surface area (Å²) in [6, 6.07) is 1.93. The number of aliphatic hydroxyl groups is 1. The molecule has 5 heteroatoms. The average Bonchev–Trinajstić information content (AvgIpc) is 2.13. The molecule has 1 rings (SSSR count). The van der Waals surface area contributed by atoms with E-state index in [0.717, 1.165) is 12.1 Å². The van der Waals surface area contributed by atoms with Crippen molar-refractivity contribution >= 4 is 12.0 Å². The molecule has 0 atom stereocenters. The highest BCUT2D eigenvalue weighted by atomic mass is 19.1. The molecule has 94 valence electrons. The van der Waals surface area contributed by atoms with Gasteiger partial charge in [-0.3, -0.25) is 4.79 Å². The first-order chi connectivity index (χ1) is 7.74. The zero-order valence-electron chi connectivity index (χ0n) is 10.00. The van der Waals surface area contributed by atoms with Crippen LogP contribution in [0.3, 0.4) is 0 Å². The minimum absolute atomic E-state index is 0.0552. The molecule has 0 aromatic heterocycles. The number of carbonyl (C=O) groups excluding carboxylic acids is 1. The number of carbonyl (C=O) groups is 1. The third-order valence-electron chi connectivity index (χ3n) is 2.18. The summed E-state index contributed by atoms with van der Waals surface area (Å²) in [6.07, 6.45) is 0.381. The summed E-state index contributed by atoms with van der Waals surface area (Å²) in [5.41, 5.74) is -1.38. The molecular formula is C12H15F2NO2. The molecule has 1 aromatic rings. The second-order valence-corrected chi connectivity index (χ2v) is 4.62. The Hall–Kier alpha value is -1.49. The fraction of sp³-hybridized carbons (Fsp3) is 0.417. The van der Waals surface area contributed by atoms with Crippen LogP contribution in [0.1, 0.15) is 24.2 Å². The maximum absolute atomic E-state index is 13.6. The number of rotatable bonds is 4. The van der Waals surface area contributed by atoms with Crippen LogP contribution in [0.4, 0.5) is 14.5 Å². The van der Waals surface area contributed by atoms with E-state index in [9.17, 15) is 18.7 Å². The van der Waals surface area contributed by atoms with Gasteiger partial charge in [-0.05, 0) is 26.0 Å². The minimum atomic E-state index is -1.07. The number of benzene rings is 1.